The lowest BCUT2D eigenvalue weighted by atomic mass is 10.1. The van der Waals surface area contributed by atoms with Gasteiger partial charge in [0.05, 0.1) is 6.61 Å². The maximum Gasteiger partial charge on any atom is 0.228 e. The number of fused-ring (bicyclic) bond motifs is 1. The molecule has 0 aliphatic carbocycles. The summed E-state index contributed by atoms with van der Waals surface area (Å²) in [6.45, 7) is 2.66. The molecule has 8 heavy (non-hydrogen) atoms. The smallest absolute Gasteiger partial charge is 0.228 e. The van der Waals surface area contributed by atoms with Gasteiger partial charge < -0.3 is 4.74 Å². The number of ether oxygens (including phenoxy) is 1. The van der Waals surface area contributed by atoms with Crippen LogP contribution in [0, 0.1) is 0 Å². The fraction of sp³-hybridized carbons (Fsp3) is 1.00. The molecule has 0 saturated carbocycles. The standard InChI is InChI=1S/C5H8O3/c1-5-4(7-8-5)2-3-6-5/h4H,2-3H2,1H3/t4-,5-/m1/s1. The van der Waals surface area contributed by atoms with Crippen LogP contribution < -0.4 is 0 Å². The monoisotopic (exact) mass is 116 g/mol. The quantitative estimate of drug-likeness (QED) is 0.430. The van der Waals surface area contributed by atoms with E-state index in [0.29, 0.717) is 0 Å². The van der Waals surface area contributed by atoms with E-state index in [1.54, 1.807) is 0 Å². The van der Waals surface area contributed by atoms with Crippen molar-refractivity contribution >= 4 is 0 Å². The average Bonchev–Trinajstić information content (AvgIpc) is 1.94. The Labute approximate surface area is 47.5 Å². The highest BCUT2D eigenvalue weighted by Gasteiger charge is 2.52. The van der Waals surface area contributed by atoms with Crippen molar-refractivity contribution < 1.29 is 14.5 Å². The van der Waals surface area contributed by atoms with Crippen molar-refractivity contribution in [2.75, 3.05) is 6.61 Å². The zero-order chi connectivity index (χ0) is 5.61. The highest BCUT2D eigenvalue weighted by Crippen LogP contribution is 2.38. The molecule has 3 nitrogen and oxygen atoms in total. The molecule has 2 aliphatic rings. The van der Waals surface area contributed by atoms with Gasteiger partial charge in [0.2, 0.25) is 5.79 Å². The van der Waals surface area contributed by atoms with Crippen LogP contribution in [0.4, 0.5) is 0 Å². The number of rotatable bonds is 0. The summed E-state index contributed by atoms with van der Waals surface area (Å²) in [5.41, 5.74) is 0. The van der Waals surface area contributed by atoms with Crippen LogP contribution in [0.2, 0.25) is 0 Å². The average molecular weight is 116 g/mol. The predicted molar refractivity (Wildman–Crippen MR) is 24.9 cm³/mol. The van der Waals surface area contributed by atoms with Crippen LogP contribution in [0.5, 0.6) is 0 Å². The van der Waals surface area contributed by atoms with Crippen molar-refractivity contribution in [2.45, 2.75) is 25.2 Å². The van der Waals surface area contributed by atoms with Crippen LogP contribution in [0.15, 0.2) is 0 Å². The van der Waals surface area contributed by atoms with Gasteiger partial charge in [0.25, 0.3) is 0 Å². The van der Waals surface area contributed by atoms with E-state index in [4.69, 9.17) is 14.5 Å². The summed E-state index contributed by atoms with van der Waals surface area (Å²) in [4.78, 5) is 9.45. The number of hydrogen-bond donors (Lipinski definition) is 0. The van der Waals surface area contributed by atoms with Crippen molar-refractivity contribution in [1.29, 1.82) is 0 Å². The van der Waals surface area contributed by atoms with E-state index in [-0.39, 0.29) is 11.9 Å². The lowest BCUT2D eigenvalue weighted by Gasteiger charge is -2.37. The Bertz CT molecular complexity index is 114. The second-order valence-electron chi connectivity index (χ2n) is 2.32. The maximum atomic E-state index is 5.19. The first-order valence-corrected chi connectivity index (χ1v) is 2.80. The summed E-state index contributed by atoms with van der Waals surface area (Å²) in [5.74, 6) is -0.389. The van der Waals surface area contributed by atoms with E-state index in [0.717, 1.165) is 13.0 Å². The van der Waals surface area contributed by atoms with Crippen LogP contribution in [0.25, 0.3) is 0 Å². The van der Waals surface area contributed by atoms with E-state index in [9.17, 15) is 0 Å². The molecular formula is C5H8O3. The molecule has 2 saturated heterocycles. The van der Waals surface area contributed by atoms with Gasteiger partial charge >= 0.3 is 0 Å². The second-order valence-corrected chi connectivity index (χ2v) is 2.32. The molecule has 2 fully saturated rings. The second kappa shape index (κ2) is 1.23. The molecule has 3 heteroatoms. The van der Waals surface area contributed by atoms with Gasteiger partial charge in [0, 0.05) is 6.42 Å². The lowest BCUT2D eigenvalue weighted by molar-refractivity contribution is -0.546. The van der Waals surface area contributed by atoms with Gasteiger partial charge in [-0.3, -0.25) is 0 Å². The molecule has 0 radical (unpaired) electrons. The molecule has 0 aromatic carbocycles. The molecule has 0 bridgehead atoms. The molecule has 2 heterocycles. The van der Waals surface area contributed by atoms with E-state index >= 15 is 0 Å². The zero-order valence-electron chi connectivity index (χ0n) is 4.72. The normalized spacial score (nSPS) is 52.9. The molecule has 0 N–H and O–H groups in total. The fourth-order valence-electron chi connectivity index (χ4n) is 1.05. The summed E-state index contributed by atoms with van der Waals surface area (Å²) in [6.07, 6.45) is 1.17. The van der Waals surface area contributed by atoms with Crippen molar-refractivity contribution in [2.24, 2.45) is 0 Å². The van der Waals surface area contributed by atoms with E-state index in [1.165, 1.54) is 0 Å². The van der Waals surface area contributed by atoms with Gasteiger partial charge in [-0.25, -0.2) is 4.89 Å². The summed E-state index contributed by atoms with van der Waals surface area (Å²) in [7, 11) is 0. The fourth-order valence-corrected chi connectivity index (χ4v) is 1.05. The Morgan fingerprint density at radius 1 is 1.62 bits per heavy atom. The Morgan fingerprint density at radius 2 is 2.50 bits per heavy atom. The topological polar surface area (TPSA) is 27.7 Å². The van der Waals surface area contributed by atoms with Gasteiger partial charge in [-0.05, 0) is 6.92 Å². The predicted octanol–water partition coefficient (Wildman–Crippen LogP) is 0.453. The Morgan fingerprint density at radius 3 is 2.75 bits per heavy atom. The lowest BCUT2D eigenvalue weighted by Crippen LogP contribution is -2.50. The van der Waals surface area contributed by atoms with Crippen molar-refractivity contribution in [3.63, 3.8) is 0 Å². The van der Waals surface area contributed by atoms with E-state index < -0.39 is 0 Å². The highest BCUT2D eigenvalue weighted by molar-refractivity contribution is 4.84. The summed E-state index contributed by atoms with van der Waals surface area (Å²) >= 11 is 0. The Balaban J connectivity index is 2.14. The summed E-state index contributed by atoms with van der Waals surface area (Å²) < 4.78 is 5.19. The Kier molecular flexibility index (Phi) is 0.730. The van der Waals surface area contributed by atoms with E-state index in [2.05, 4.69) is 0 Å². The van der Waals surface area contributed by atoms with Crippen LogP contribution in [0.3, 0.4) is 0 Å². The molecule has 0 spiro atoms. The molecule has 2 rings (SSSR count). The summed E-state index contributed by atoms with van der Waals surface area (Å²) in [6, 6.07) is 0. The number of hydrogen-bond acceptors (Lipinski definition) is 3. The molecule has 0 aromatic rings. The largest absolute Gasteiger partial charge is 0.345 e. The van der Waals surface area contributed by atoms with Gasteiger partial charge in [-0.1, -0.05) is 0 Å². The van der Waals surface area contributed by atoms with Crippen LogP contribution in [-0.4, -0.2) is 18.5 Å². The van der Waals surface area contributed by atoms with Gasteiger partial charge in [0.1, 0.15) is 0 Å². The zero-order valence-corrected chi connectivity index (χ0v) is 4.72. The van der Waals surface area contributed by atoms with Crippen molar-refractivity contribution in [3.8, 4) is 0 Å². The third kappa shape index (κ3) is 0.393. The molecule has 0 amide bonds. The minimum Gasteiger partial charge on any atom is -0.345 e. The molecule has 46 valence electrons. The van der Waals surface area contributed by atoms with Crippen LogP contribution in [0.1, 0.15) is 13.3 Å². The van der Waals surface area contributed by atoms with Crippen LogP contribution >= 0.6 is 0 Å². The first-order chi connectivity index (χ1) is 3.81. The molecule has 0 unspecified atom stereocenters. The molecule has 0 aromatic heterocycles. The minimum atomic E-state index is -0.389. The third-order valence-electron chi connectivity index (χ3n) is 1.68. The van der Waals surface area contributed by atoms with Crippen LogP contribution in [-0.2, 0) is 14.5 Å². The molecule has 2 atom stereocenters. The third-order valence-corrected chi connectivity index (χ3v) is 1.68. The minimum absolute atomic E-state index is 0.197. The van der Waals surface area contributed by atoms with Crippen molar-refractivity contribution in [3.05, 3.63) is 0 Å². The first-order valence-electron chi connectivity index (χ1n) is 2.80. The Hall–Kier alpha value is -0.120. The summed E-state index contributed by atoms with van der Waals surface area (Å²) in [5, 5.41) is 0. The van der Waals surface area contributed by atoms with E-state index in [1.807, 2.05) is 6.92 Å². The maximum absolute atomic E-state index is 5.19. The molecular weight excluding hydrogens is 108 g/mol. The van der Waals surface area contributed by atoms with Gasteiger partial charge in [-0.15, -0.1) is 0 Å². The first kappa shape index (κ1) is 4.73. The SMILES string of the molecule is C[C@]12OCC[C@H]1OO2. The van der Waals surface area contributed by atoms with Gasteiger partial charge in [-0.2, -0.15) is 4.89 Å². The molecule has 2 aliphatic heterocycles. The highest BCUT2D eigenvalue weighted by atomic mass is 17.3. The van der Waals surface area contributed by atoms with Crippen molar-refractivity contribution in [1.82, 2.24) is 0 Å². The van der Waals surface area contributed by atoms with Gasteiger partial charge in [0.15, 0.2) is 6.10 Å².